The lowest BCUT2D eigenvalue weighted by molar-refractivity contribution is -0.118. The van der Waals surface area contributed by atoms with E-state index in [-0.39, 0.29) is 11.7 Å². The van der Waals surface area contributed by atoms with Crippen molar-refractivity contribution >= 4 is 11.6 Å². The average molecular weight is 178 g/mol. The predicted molar refractivity (Wildman–Crippen MR) is 47.0 cm³/mol. The molecule has 0 bridgehead atoms. The molecule has 0 fully saturated rings. The zero-order valence-electron chi connectivity index (χ0n) is 7.30. The van der Waals surface area contributed by atoms with Gasteiger partial charge in [-0.25, -0.2) is 4.39 Å². The van der Waals surface area contributed by atoms with Crippen LogP contribution in [0, 0.1) is 11.9 Å². The van der Waals surface area contributed by atoms with Crippen LogP contribution in [0.4, 0.5) is 10.1 Å². The Morgan fingerprint density at radius 3 is 3.00 bits per heavy atom. The van der Waals surface area contributed by atoms with Crippen LogP contribution in [0.5, 0.6) is 0 Å². The molecule has 2 nitrogen and oxygen atoms in total. The summed E-state index contributed by atoms with van der Waals surface area (Å²) in [6, 6.07) is 5.71. The van der Waals surface area contributed by atoms with Crippen molar-refractivity contribution in [2.45, 2.75) is 12.8 Å². The fraction of sp³-hybridized carbons (Fsp3) is 0.300. The number of carbonyl (C=O) groups excluding carboxylic acids is 1. The van der Waals surface area contributed by atoms with E-state index in [9.17, 15) is 9.18 Å². The number of fused-ring (bicyclic) bond motifs is 1. The van der Waals surface area contributed by atoms with Crippen molar-refractivity contribution in [1.82, 2.24) is 0 Å². The number of hydrogen-bond donors (Lipinski definition) is 0. The van der Waals surface area contributed by atoms with Gasteiger partial charge in [-0.05, 0) is 30.2 Å². The molecule has 1 aromatic carbocycles. The molecule has 0 saturated carbocycles. The van der Waals surface area contributed by atoms with E-state index in [1.165, 1.54) is 11.0 Å². The van der Waals surface area contributed by atoms with Gasteiger partial charge < -0.3 is 4.90 Å². The fourth-order valence-electron chi connectivity index (χ4n) is 1.61. The summed E-state index contributed by atoms with van der Waals surface area (Å²) < 4.78 is 13.3. The van der Waals surface area contributed by atoms with Crippen LogP contribution in [0.3, 0.4) is 0 Å². The van der Waals surface area contributed by atoms with E-state index in [0.29, 0.717) is 18.5 Å². The Balaban J connectivity index is 2.57. The minimum atomic E-state index is -0.368. The normalized spacial score (nSPS) is 15.8. The van der Waals surface area contributed by atoms with Gasteiger partial charge >= 0.3 is 0 Å². The third-order valence-corrected chi connectivity index (χ3v) is 2.32. The number of carbonyl (C=O) groups is 1. The van der Waals surface area contributed by atoms with Crippen LogP contribution in [0.1, 0.15) is 12.0 Å². The van der Waals surface area contributed by atoms with Gasteiger partial charge in [-0.15, -0.1) is 0 Å². The van der Waals surface area contributed by atoms with E-state index < -0.39 is 0 Å². The highest BCUT2D eigenvalue weighted by atomic mass is 19.1. The largest absolute Gasteiger partial charge is 0.313 e. The van der Waals surface area contributed by atoms with Gasteiger partial charge in [0, 0.05) is 13.5 Å². The summed E-state index contributed by atoms with van der Waals surface area (Å²) in [7, 11) is 1.60. The average Bonchev–Trinajstić information content (AvgIpc) is 2.12. The molecule has 0 unspecified atom stereocenters. The van der Waals surface area contributed by atoms with Gasteiger partial charge in [-0.1, -0.05) is 0 Å². The zero-order valence-corrected chi connectivity index (χ0v) is 7.30. The standard InChI is InChI=1S/C10H9FNO/c1-12-9(13)6-5-7-3-2-4-8(11)10(7)12/h3-4H,5-6H2,1H3. The maximum Gasteiger partial charge on any atom is 0.227 e. The monoisotopic (exact) mass is 178 g/mol. The van der Waals surface area contributed by atoms with E-state index in [1.807, 2.05) is 0 Å². The highest BCUT2D eigenvalue weighted by Crippen LogP contribution is 2.28. The Labute approximate surface area is 76.0 Å². The lowest BCUT2D eigenvalue weighted by Gasteiger charge is -2.25. The molecule has 0 spiro atoms. The number of benzene rings is 1. The summed E-state index contributed by atoms with van der Waals surface area (Å²) in [6.45, 7) is 0. The van der Waals surface area contributed by atoms with Gasteiger partial charge in [0.2, 0.25) is 5.91 Å². The molecular weight excluding hydrogens is 169 g/mol. The first-order valence-electron chi connectivity index (χ1n) is 4.15. The van der Waals surface area contributed by atoms with Crippen molar-refractivity contribution in [1.29, 1.82) is 0 Å². The first-order chi connectivity index (χ1) is 6.20. The van der Waals surface area contributed by atoms with E-state index in [4.69, 9.17) is 0 Å². The van der Waals surface area contributed by atoms with Crippen LogP contribution in [0.15, 0.2) is 12.1 Å². The second kappa shape index (κ2) is 2.83. The summed E-state index contributed by atoms with van der Waals surface area (Å²) in [5.74, 6) is -0.398. The molecule has 0 aliphatic carbocycles. The maximum absolute atomic E-state index is 13.3. The molecule has 67 valence electrons. The number of aryl methyl sites for hydroxylation is 1. The topological polar surface area (TPSA) is 20.3 Å². The molecule has 1 heterocycles. The molecule has 0 N–H and O–H groups in total. The van der Waals surface area contributed by atoms with Crippen LogP contribution in [0.2, 0.25) is 0 Å². The third-order valence-electron chi connectivity index (χ3n) is 2.32. The first kappa shape index (κ1) is 8.23. The van der Waals surface area contributed by atoms with Crippen LogP contribution in [-0.4, -0.2) is 13.0 Å². The lowest BCUT2D eigenvalue weighted by Crippen LogP contribution is -2.31. The Bertz CT molecular complexity index is 362. The Morgan fingerprint density at radius 1 is 1.46 bits per heavy atom. The predicted octanol–water partition coefficient (Wildman–Crippen LogP) is 1.53. The second-order valence-electron chi connectivity index (χ2n) is 3.13. The summed E-state index contributed by atoms with van der Waals surface area (Å²) in [5, 5.41) is 0. The quantitative estimate of drug-likeness (QED) is 0.590. The Kier molecular flexibility index (Phi) is 1.79. The summed E-state index contributed by atoms with van der Waals surface area (Å²) in [4.78, 5) is 12.6. The van der Waals surface area contributed by atoms with E-state index in [2.05, 4.69) is 6.07 Å². The van der Waals surface area contributed by atoms with Crippen LogP contribution < -0.4 is 4.90 Å². The molecule has 2 rings (SSSR count). The molecular formula is C10H9FNO. The first-order valence-corrected chi connectivity index (χ1v) is 4.15. The summed E-state index contributed by atoms with van der Waals surface area (Å²) in [5.41, 5.74) is 1.28. The Morgan fingerprint density at radius 2 is 2.23 bits per heavy atom. The molecule has 0 atom stereocenters. The highest BCUT2D eigenvalue weighted by molar-refractivity contribution is 5.95. The molecule has 3 heteroatoms. The molecule has 1 radical (unpaired) electrons. The number of amides is 1. The van der Waals surface area contributed by atoms with E-state index >= 15 is 0 Å². The SMILES string of the molecule is CN1C(=O)CCc2c[c]cc(F)c21. The van der Waals surface area contributed by atoms with Crippen molar-refractivity contribution in [2.24, 2.45) is 0 Å². The molecule has 13 heavy (non-hydrogen) atoms. The zero-order chi connectivity index (χ0) is 9.42. The number of nitrogens with zero attached hydrogens (tertiary/aromatic N) is 1. The van der Waals surface area contributed by atoms with Crippen molar-refractivity contribution in [3.8, 4) is 0 Å². The van der Waals surface area contributed by atoms with Gasteiger partial charge in [0.15, 0.2) is 0 Å². The molecule has 0 saturated heterocycles. The Hall–Kier alpha value is -1.38. The molecule has 1 aromatic rings. The lowest BCUT2D eigenvalue weighted by atomic mass is 10.0. The van der Waals surface area contributed by atoms with Crippen molar-refractivity contribution in [3.05, 3.63) is 29.6 Å². The van der Waals surface area contributed by atoms with Crippen molar-refractivity contribution in [3.63, 3.8) is 0 Å². The number of anilines is 1. The van der Waals surface area contributed by atoms with Crippen molar-refractivity contribution in [2.75, 3.05) is 11.9 Å². The van der Waals surface area contributed by atoms with Gasteiger partial charge in [0.25, 0.3) is 0 Å². The highest BCUT2D eigenvalue weighted by Gasteiger charge is 2.23. The number of hydrogen-bond acceptors (Lipinski definition) is 1. The van der Waals surface area contributed by atoms with Gasteiger partial charge in [0.1, 0.15) is 5.82 Å². The van der Waals surface area contributed by atoms with E-state index in [0.717, 1.165) is 5.56 Å². The van der Waals surface area contributed by atoms with Crippen LogP contribution in [0.25, 0.3) is 0 Å². The molecule has 1 aliphatic heterocycles. The summed E-state index contributed by atoms with van der Waals surface area (Å²) >= 11 is 0. The van der Waals surface area contributed by atoms with Gasteiger partial charge in [0.05, 0.1) is 5.69 Å². The molecule has 1 amide bonds. The second-order valence-corrected chi connectivity index (χ2v) is 3.13. The van der Waals surface area contributed by atoms with Gasteiger partial charge in [-0.2, -0.15) is 0 Å². The van der Waals surface area contributed by atoms with Crippen molar-refractivity contribution < 1.29 is 9.18 Å². The van der Waals surface area contributed by atoms with Gasteiger partial charge in [-0.3, -0.25) is 4.79 Å². The summed E-state index contributed by atoms with van der Waals surface area (Å²) in [6.07, 6.45) is 1.08. The minimum Gasteiger partial charge on any atom is -0.313 e. The molecule has 1 aliphatic rings. The minimum absolute atomic E-state index is 0.0300. The fourth-order valence-corrected chi connectivity index (χ4v) is 1.61. The number of rotatable bonds is 0. The third kappa shape index (κ3) is 1.20. The van der Waals surface area contributed by atoms with Crippen LogP contribution in [-0.2, 0) is 11.2 Å². The number of halogens is 1. The van der Waals surface area contributed by atoms with E-state index in [1.54, 1.807) is 13.1 Å². The molecule has 0 aromatic heterocycles. The van der Waals surface area contributed by atoms with Crippen LogP contribution >= 0.6 is 0 Å². The smallest absolute Gasteiger partial charge is 0.227 e. The maximum atomic E-state index is 13.3.